The molecule has 0 saturated carbocycles. The van der Waals surface area contributed by atoms with E-state index in [1.807, 2.05) is 13.8 Å². The molecule has 0 aliphatic heterocycles. The molecule has 0 saturated heterocycles. The molecule has 1 amide bonds. The van der Waals surface area contributed by atoms with Gasteiger partial charge in [0.2, 0.25) is 5.91 Å². The predicted molar refractivity (Wildman–Crippen MR) is 68.9 cm³/mol. The second-order valence-electron chi connectivity index (χ2n) is 4.16. The third kappa shape index (κ3) is 4.77. The van der Waals surface area contributed by atoms with Crippen LogP contribution in [0.2, 0.25) is 0 Å². The van der Waals surface area contributed by atoms with Crippen molar-refractivity contribution in [3.63, 3.8) is 0 Å². The number of carbonyl (C=O) groups is 1. The zero-order chi connectivity index (χ0) is 12.0. The van der Waals surface area contributed by atoms with Gasteiger partial charge in [0, 0.05) is 17.5 Å². The lowest BCUT2D eigenvalue weighted by Gasteiger charge is -2.08. The molecule has 4 heteroatoms. The summed E-state index contributed by atoms with van der Waals surface area (Å²) in [5.41, 5.74) is 1.32. The van der Waals surface area contributed by atoms with Gasteiger partial charge in [0.1, 0.15) is 0 Å². The van der Waals surface area contributed by atoms with E-state index in [-0.39, 0.29) is 5.91 Å². The van der Waals surface area contributed by atoms with E-state index in [0.717, 1.165) is 13.0 Å². The van der Waals surface area contributed by atoms with Crippen LogP contribution < -0.4 is 10.6 Å². The van der Waals surface area contributed by atoms with Crippen molar-refractivity contribution in [3.05, 3.63) is 21.9 Å². The minimum atomic E-state index is 0.0721. The highest BCUT2D eigenvalue weighted by molar-refractivity contribution is 7.10. The molecule has 0 bridgehead atoms. The van der Waals surface area contributed by atoms with Crippen LogP contribution in [0.4, 0.5) is 0 Å². The van der Waals surface area contributed by atoms with Crippen molar-refractivity contribution in [2.24, 2.45) is 0 Å². The fourth-order valence-electron chi connectivity index (χ4n) is 1.33. The Labute approximate surface area is 101 Å². The summed E-state index contributed by atoms with van der Waals surface area (Å²) < 4.78 is 0. The van der Waals surface area contributed by atoms with Gasteiger partial charge < -0.3 is 10.6 Å². The third-order valence-electron chi connectivity index (χ3n) is 2.31. The standard InChI is InChI=1S/C12H20N2OS/c1-9(2)14-8-12(15)13-6-4-11-10(3)5-7-16-11/h5,7,9,14H,4,6,8H2,1-3H3,(H,13,15). The largest absolute Gasteiger partial charge is 0.355 e. The number of carbonyl (C=O) groups excluding carboxylic acids is 1. The SMILES string of the molecule is Cc1ccsc1CCNC(=O)CNC(C)C. The van der Waals surface area contributed by atoms with Gasteiger partial charge in [-0.3, -0.25) is 4.79 Å². The van der Waals surface area contributed by atoms with Gasteiger partial charge >= 0.3 is 0 Å². The van der Waals surface area contributed by atoms with Gasteiger partial charge in [0.15, 0.2) is 0 Å². The van der Waals surface area contributed by atoms with Crippen LogP contribution in [0, 0.1) is 6.92 Å². The molecule has 16 heavy (non-hydrogen) atoms. The maximum absolute atomic E-state index is 11.4. The number of rotatable bonds is 6. The zero-order valence-corrected chi connectivity index (χ0v) is 11.0. The minimum absolute atomic E-state index is 0.0721. The molecule has 0 spiro atoms. The molecule has 0 radical (unpaired) electrons. The summed E-state index contributed by atoms with van der Waals surface area (Å²) in [7, 11) is 0. The van der Waals surface area contributed by atoms with Crippen LogP contribution in [0.1, 0.15) is 24.3 Å². The fourth-order valence-corrected chi connectivity index (χ4v) is 2.25. The topological polar surface area (TPSA) is 41.1 Å². The Morgan fingerprint density at radius 2 is 2.25 bits per heavy atom. The highest BCUT2D eigenvalue weighted by atomic mass is 32.1. The van der Waals surface area contributed by atoms with Crippen LogP contribution >= 0.6 is 11.3 Å². The van der Waals surface area contributed by atoms with E-state index >= 15 is 0 Å². The Morgan fingerprint density at radius 1 is 1.50 bits per heavy atom. The van der Waals surface area contributed by atoms with E-state index in [1.165, 1.54) is 10.4 Å². The van der Waals surface area contributed by atoms with Gasteiger partial charge in [-0.15, -0.1) is 11.3 Å². The maximum atomic E-state index is 11.4. The second-order valence-corrected chi connectivity index (χ2v) is 5.16. The van der Waals surface area contributed by atoms with Gasteiger partial charge in [-0.1, -0.05) is 13.8 Å². The molecule has 2 N–H and O–H groups in total. The summed E-state index contributed by atoms with van der Waals surface area (Å²) in [4.78, 5) is 12.7. The molecule has 0 aliphatic rings. The van der Waals surface area contributed by atoms with E-state index in [0.29, 0.717) is 12.6 Å². The number of hydrogen-bond acceptors (Lipinski definition) is 3. The van der Waals surface area contributed by atoms with Crippen LogP contribution in [0.5, 0.6) is 0 Å². The molecule has 90 valence electrons. The lowest BCUT2D eigenvalue weighted by Crippen LogP contribution is -2.37. The zero-order valence-electron chi connectivity index (χ0n) is 10.2. The van der Waals surface area contributed by atoms with Gasteiger partial charge in [-0.2, -0.15) is 0 Å². The minimum Gasteiger partial charge on any atom is -0.355 e. The van der Waals surface area contributed by atoms with Crippen molar-refractivity contribution < 1.29 is 4.79 Å². The molecule has 0 fully saturated rings. The van der Waals surface area contributed by atoms with E-state index < -0.39 is 0 Å². The normalized spacial score (nSPS) is 10.8. The average Bonchev–Trinajstić information content (AvgIpc) is 2.61. The van der Waals surface area contributed by atoms with Crippen LogP contribution in [0.25, 0.3) is 0 Å². The third-order valence-corrected chi connectivity index (χ3v) is 3.40. The lowest BCUT2D eigenvalue weighted by atomic mass is 10.2. The molecule has 3 nitrogen and oxygen atoms in total. The number of nitrogens with one attached hydrogen (secondary N) is 2. The first kappa shape index (κ1) is 13.2. The van der Waals surface area contributed by atoms with Gasteiger partial charge in [0.25, 0.3) is 0 Å². The number of thiophene rings is 1. The van der Waals surface area contributed by atoms with E-state index in [4.69, 9.17) is 0 Å². The first-order valence-electron chi connectivity index (χ1n) is 5.62. The van der Waals surface area contributed by atoms with E-state index in [2.05, 4.69) is 29.0 Å². The van der Waals surface area contributed by atoms with Crippen molar-refractivity contribution in [1.82, 2.24) is 10.6 Å². The summed E-state index contributed by atoms with van der Waals surface area (Å²) in [6.45, 7) is 7.29. The molecular formula is C12H20N2OS. The highest BCUT2D eigenvalue weighted by Crippen LogP contribution is 2.15. The Hall–Kier alpha value is -0.870. The fraction of sp³-hybridized carbons (Fsp3) is 0.583. The molecule has 1 aromatic heterocycles. The summed E-state index contributed by atoms with van der Waals surface area (Å²) in [5.74, 6) is 0.0721. The Morgan fingerprint density at radius 3 is 2.81 bits per heavy atom. The predicted octanol–water partition coefficient (Wildman–Crippen LogP) is 1.71. The molecule has 1 rings (SSSR count). The maximum Gasteiger partial charge on any atom is 0.233 e. The van der Waals surface area contributed by atoms with Crippen LogP contribution in [0.15, 0.2) is 11.4 Å². The number of hydrogen-bond donors (Lipinski definition) is 2. The molecule has 0 atom stereocenters. The monoisotopic (exact) mass is 240 g/mol. The van der Waals surface area contributed by atoms with Crippen LogP contribution in [-0.4, -0.2) is 25.0 Å². The molecule has 0 aromatic carbocycles. The van der Waals surface area contributed by atoms with E-state index in [9.17, 15) is 4.79 Å². The van der Waals surface area contributed by atoms with Crippen molar-refractivity contribution in [3.8, 4) is 0 Å². The Kier molecular flexibility index (Phi) is 5.49. The molecule has 1 aromatic rings. The van der Waals surface area contributed by atoms with Crippen molar-refractivity contribution >= 4 is 17.2 Å². The summed E-state index contributed by atoms with van der Waals surface area (Å²) >= 11 is 1.75. The van der Waals surface area contributed by atoms with Gasteiger partial charge in [-0.05, 0) is 30.4 Å². The van der Waals surface area contributed by atoms with Crippen molar-refractivity contribution in [2.45, 2.75) is 33.2 Å². The summed E-state index contributed by atoms with van der Waals surface area (Å²) in [5, 5.41) is 8.09. The average molecular weight is 240 g/mol. The first-order valence-corrected chi connectivity index (χ1v) is 6.50. The van der Waals surface area contributed by atoms with Crippen LogP contribution in [-0.2, 0) is 11.2 Å². The van der Waals surface area contributed by atoms with Gasteiger partial charge in [-0.25, -0.2) is 0 Å². The van der Waals surface area contributed by atoms with Crippen molar-refractivity contribution in [1.29, 1.82) is 0 Å². The number of amides is 1. The lowest BCUT2D eigenvalue weighted by molar-refractivity contribution is -0.120. The second kappa shape index (κ2) is 6.66. The van der Waals surface area contributed by atoms with E-state index in [1.54, 1.807) is 11.3 Å². The Bertz CT molecular complexity index is 334. The Balaban J connectivity index is 2.16. The van der Waals surface area contributed by atoms with Crippen molar-refractivity contribution in [2.75, 3.05) is 13.1 Å². The quantitative estimate of drug-likeness (QED) is 0.795. The molecule has 1 heterocycles. The molecule has 0 unspecified atom stereocenters. The smallest absolute Gasteiger partial charge is 0.233 e. The highest BCUT2D eigenvalue weighted by Gasteiger charge is 2.03. The summed E-state index contributed by atoms with van der Waals surface area (Å²) in [6.07, 6.45) is 0.927. The molecular weight excluding hydrogens is 220 g/mol. The van der Waals surface area contributed by atoms with Crippen LogP contribution in [0.3, 0.4) is 0 Å². The summed E-state index contributed by atoms with van der Waals surface area (Å²) in [6, 6.07) is 2.47. The molecule has 0 aliphatic carbocycles. The first-order chi connectivity index (χ1) is 7.59. The number of aryl methyl sites for hydroxylation is 1. The van der Waals surface area contributed by atoms with Gasteiger partial charge in [0.05, 0.1) is 6.54 Å².